The van der Waals surface area contributed by atoms with Gasteiger partial charge in [-0.25, -0.2) is 4.79 Å². The van der Waals surface area contributed by atoms with Crippen LogP contribution in [-0.2, 0) is 11.3 Å². The van der Waals surface area contributed by atoms with E-state index in [4.69, 9.17) is 4.74 Å². The molecule has 0 saturated heterocycles. The number of hydrogen-bond donors (Lipinski definition) is 3. The van der Waals surface area contributed by atoms with Gasteiger partial charge in [-0.05, 0) is 17.5 Å². The molecule has 1 heterocycles. The van der Waals surface area contributed by atoms with Crippen LogP contribution in [0.5, 0.6) is 5.75 Å². The van der Waals surface area contributed by atoms with Crippen molar-refractivity contribution in [3.63, 3.8) is 0 Å². The van der Waals surface area contributed by atoms with Gasteiger partial charge in [0.2, 0.25) is 11.4 Å². The van der Waals surface area contributed by atoms with Crippen LogP contribution >= 0.6 is 0 Å². The molecular weight excluding hydrogens is 322 g/mol. The second kappa shape index (κ2) is 4.83. The molecule has 25 heavy (non-hydrogen) atoms. The molecule has 1 amide bonds. The molecule has 6 heteroatoms. The molecule has 6 nitrogen and oxygen atoms in total. The molecule has 1 aliphatic carbocycles. The summed E-state index contributed by atoms with van der Waals surface area (Å²) in [6.45, 7) is 4.02. The zero-order valence-electron chi connectivity index (χ0n) is 13.7. The Labute approximate surface area is 144 Å². The number of benzene rings is 2. The standard InChI is InChI=1S/C19H17NO5/c1-10(2)11-7-8-14-15(9-11)25-19(20-17(22)23)13-6-4-3-5-12(13)16(21)18(14,19)24/h3-10,20,24H,1-2H3,(H,22,23). The molecule has 0 aromatic heterocycles. The first-order valence-corrected chi connectivity index (χ1v) is 8.02. The first kappa shape index (κ1) is 15.7. The van der Waals surface area contributed by atoms with Crippen LogP contribution in [0.4, 0.5) is 4.79 Å². The predicted molar refractivity (Wildman–Crippen MR) is 88.7 cm³/mol. The Morgan fingerprint density at radius 3 is 2.56 bits per heavy atom. The minimum atomic E-state index is -2.14. The van der Waals surface area contributed by atoms with Gasteiger partial charge in [0.15, 0.2) is 0 Å². The van der Waals surface area contributed by atoms with Crippen molar-refractivity contribution in [1.82, 2.24) is 5.32 Å². The first-order chi connectivity index (χ1) is 11.8. The molecule has 0 radical (unpaired) electrons. The summed E-state index contributed by atoms with van der Waals surface area (Å²) in [5.74, 6) is -0.0476. The number of carbonyl (C=O) groups excluding carboxylic acids is 1. The number of carboxylic acid groups (broad SMARTS) is 1. The summed E-state index contributed by atoms with van der Waals surface area (Å²) in [5, 5.41) is 23.0. The topological polar surface area (TPSA) is 95.9 Å². The van der Waals surface area contributed by atoms with Crippen LogP contribution in [0.3, 0.4) is 0 Å². The average molecular weight is 339 g/mol. The molecule has 4 rings (SSSR count). The molecule has 2 aliphatic rings. The Balaban J connectivity index is 2.00. The molecule has 2 atom stereocenters. The number of fused-ring (bicyclic) bond motifs is 5. The molecule has 0 saturated carbocycles. The lowest BCUT2D eigenvalue weighted by atomic mass is 9.84. The van der Waals surface area contributed by atoms with Crippen molar-refractivity contribution in [2.45, 2.75) is 31.1 Å². The third kappa shape index (κ3) is 1.77. The third-order valence-corrected chi connectivity index (χ3v) is 5.00. The fraction of sp³-hybridized carbons (Fsp3) is 0.263. The maximum absolute atomic E-state index is 13.0. The van der Waals surface area contributed by atoms with Gasteiger partial charge < -0.3 is 14.9 Å². The second-order valence-electron chi connectivity index (χ2n) is 6.71. The number of hydrogen-bond acceptors (Lipinski definition) is 4. The normalized spacial score (nSPS) is 26.0. The van der Waals surface area contributed by atoms with E-state index in [2.05, 4.69) is 5.32 Å². The van der Waals surface area contributed by atoms with Crippen molar-refractivity contribution in [3.8, 4) is 5.75 Å². The Kier molecular flexibility index (Phi) is 3.02. The maximum atomic E-state index is 13.0. The number of ether oxygens (including phenoxy) is 1. The molecule has 0 bridgehead atoms. The summed E-state index contributed by atoms with van der Waals surface area (Å²) in [4.78, 5) is 24.5. The van der Waals surface area contributed by atoms with Crippen LogP contribution in [0.2, 0.25) is 0 Å². The van der Waals surface area contributed by atoms with Crippen LogP contribution in [0.1, 0.15) is 46.8 Å². The number of ketones is 1. The van der Waals surface area contributed by atoms with Gasteiger partial charge in [-0.15, -0.1) is 0 Å². The van der Waals surface area contributed by atoms with Crippen molar-refractivity contribution in [1.29, 1.82) is 0 Å². The number of aliphatic hydroxyl groups is 1. The number of carbonyl (C=O) groups is 2. The highest BCUT2D eigenvalue weighted by molar-refractivity contribution is 6.10. The van der Waals surface area contributed by atoms with Crippen molar-refractivity contribution in [2.75, 3.05) is 0 Å². The van der Waals surface area contributed by atoms with Crippen molar-refractivity contribution < 1.29 is 24.5 Å². The van der Waals surface area contributed by atoms with Crippen molar-refractivity contribution in [2.24, 2.45) is 0 Å². The summed E-state index contributed by atoms with van der Waals surface area (Å²) < 4.78 is 5.96. The predicted octanol–water partition coefficient (Wildman–Crippen LogP) is 2.71. The Bertz CT molecular complexity index is 922. The minimum absolute atomic E-state index is 0.218. The fourth-order valence-corrected chi connectivity index (χ4v) is 3.76. The van der Waals surface area contributed by atoms with E-state index in [1.54, 1.807) is 36.4 Å². The lowest BCUT2D eigenvalue weighted by molar-refractivity contribution is -0.0999. The van der Waals surface area contributed by atoms with E-state index in [0.717, 1.165) is 5.56 Å². The van der Waals surface area contributed by atoms with Crippen LogP contribution in [0.25, 0.3) is 0 Å². The molecule has 128 valence electrons. The Hall–Kier alpha value is -2.86. The molecule has 3 N–H and O–H groups in total. The van der Waals surface area contributed by atoms with E-state index in [0.29, 0.717) is 11.3 Å². The van der Waals surface area contributed by atoms with Crippen LogP contribution < -0.4 is 10.1 Å². The first-order valence-electron chi connectivity index (χ1n) is 8.02. The highest BCUT2D eigenvalue weighted by Crippen LogP contribution is 2.58. The monoisotopic (exact) mass is 339 g/mol. The molecule has 1 aliphatic heterocycles. The number of Topliss-reactive ketones (excluding diaryl/α,β-unsaturated/α-hetero) is 1. The molecule has 0 fully saturated rings. The van der Waals surface area contributed by atoms with E-state index in [1.807, 2.05) is 19.9 Å². The lowest BCUT2D eigenvalue weighted by Crippen LogP contribution is -2.59. The van der Waals surface area contributed by atoms with Crippen LogP contribution in [0, 0.1) is 0 Å². The number of amides is 1. The average Bonchev–Trinajstić information content (AvgIpc) is 2.92. The third-order valence-electron chi connectivity index (χ3n) is 5.00. The van der Waals surface area contributed by atoms with E-state index < -0.39 is 23.2 Å². The summed E-state index contributed by atoms with van der Waals surface area (Å²) in [7, 11) is 0. The van der Waals surface area contributed by atoms with E-state index in [9.17, 15) is 19.8 Å². The van der Waals surface area contributed by atoms with Gasteiger partial charge >= 0.3 is 6.09 Å². The summed E-state index contributed by atoms with van der Waals surface area (Å²) in [6, 6.07) is 11.7. The van der Waals surface area contributed by atoms with Gasteiger partial charge in [0.25, 0.3) is 5.72 Å². The second-order valence-corrected chi connectivity index (χ2v) is 6.71. The largest absolute Gasteiger partial charge is 0.465 e. The van der Waals surface area contributed by atoms with Crippen molar-refractivity contribution in [3.05, 3.63) is 64.7 Å². The minimum Gasteiger partial charge on any atom is -0.465 e. The van der Waals surface area contributed by atoms with Gasteiger partial charge in [-0.3, -0.25) is 10.1 Å². The van der Waals surface area contributed by atoms with Gasteiger partial charge in [0.05, 0.1) is 0 Å². The van der Waals surface area contributed by atoms with E-state index in [1.165, 1.54) is 0 Å². The van der Waals surface area contributed by atoms with Crippen LogP contribution in [0.15, 0.2) is 42.5 Å². The van der Waals surface area contributed by atoms with Gasteiger partial charge in [-0.2, -0.15) is 0 Å². The summed E-state index contributed by atoms with van der Waals surface area (Å²) >= 11 is 0. The van der Waals surface area contributed by atoms with Gasteiger partial charge in [0, 0.05) is 16.7 Å². The highest BCUT2D eigenvalue weighted by Gasteiger charge is 2.71. The Morgan fingerprint density at radius 1 is 1.16 bits per heavy atom. The Morgan fingerprint density at radius 2 is 1.88 bits per heavy atom. The van der Waals surface area contributed by atoms with Gasteiger partial charge in [0.1, 0.15) is 5.75 Å². The number of nitrogens with one attached hydrogen (secondary N) is 1. The molecular formula is C19H17NO5. The van der Waals surface area contributed by atoms with Crippen LogP contribution in [-0.4, -0.2) is 22.1 Å². The number of rotatable bonds is 2. The summed E-state index contributed by atoms with van der Waals surface area (Å²) in [5.41, 5.74) is -2.23. The smallest absolute Gasteiger partial charge is 0.408 e. The van der Waals surface area contributed by atoms with E-state index in [-0.39, 0.29) is 17.0 Å². The summed E-state index contributed by atoms with van der Waals surface area (Å²) in [6.07, 6.45) is -1.39. The quantitative estimate of drug-likeness (QED) is 0.782. The highest BCUT2D eigenvalue weighted by atomic mass is 16.6. The zero-order valence-corrected chi connectivity index (χ0v) is 13.7. The molecule has 2 aromatic rings. The molecule has 2 unspecified atom stereocenters. The lowest BCUT2D eigenvalue weighted by Gasteiger charge is -2.34. The molecule has 0 spiro atoms. The SMILES string of the molecule is CC(C)c1ccc2c(c1)OC1(NC(=O)O)c3ccccc3C(=O)C21O. The van der Waals surface area contributed by atoms with E-state index >= 15 is 0 Å². The molecule has 2 aromatic carbocycles. The zero-order chi connectivity index (χ0) is 18.0. The maximum Gasteiger partial charge on any atom is 0.408 e. The van der Waals surface area contributed by atoms with Crippen molar-refractivity contribution >= 4 is 11.9 Å². The van der Waals surface area contributed by atoms with Gasteiger partial charge in [-0.1, -0.05) is 50.2 Å². The fourth-order valence-electron chi connectivity index (χ4n) is 3.76.